The average molecular weight is 261 g/mol. The second-order valence-corrected chi connectivity index (χ2v) is 6.92. The minimum Gasteiger partial charge on any atom is -0.507 e. The number of benzene rings is 1. The van der Waals surface area contributed by atoms with Gasteiger partial charge < -0.3 is 5.11 Å². The lowest BCUT2D eigenvalue weighted by atomic mass is 9.85. The number of nitrogens with zero attached hydrogens (tertiary/aromatic N) is 1. The van der Waals surface area contributed by atoms with Crippen LogP contribution in [0.4, 0.5) is 0 Å². The number of para-hydroxylation sites is 1. The maximum absolute atomic E-state index is 10.5. The largest absolute Gasteiger partial charge is 0.507 e. The fourth-order valence-electron chi connectivity index (χ4n) is 3.07. The van der Waals surface area contributed by atoms with Gasteiger partial charge in [0.2, 0.25) is 0 Å². The Bertz CT molecular complexity index is 427. The Kier molecular flexibility index (Phi) is 4.19. The molecule has 106 valence electrons. The van der Waals surface area contributed by atoms with Crippen LogP contribution in [0.1, 0.15) is 57.6 Å². The van der Waals surface area contributed by atoms with Gasteiger partial charge in [0.25, 0.3) is 0 Å². The van der Waals surface area contributed by atoms with Crippen LogP contribution < -0.4 is 0 Å². The number of hydrogen-bond donors (Lipinski definition) is 1. The summed E-state index contributed by atoms with van der Waals surface area (Å²) in [6, 6.07) is 6.85. The Labute approximate surface area is 117 Å². The molecular weight excluding hydrogens is 234 g/mol. The van der Waals surface area contributed by atoms with Crippen LogP contribution in [-0.2, 0) is 12.0 Å². The van der Waals surface area contributed by atoms with Gasteiger partial charge in [-0.05, 0) is 30.9 Å². The molecule has 2 nitrogen and oxygen atoms in total. The highest BCUT2D eigenvalue weighted by molar-refractivity contribution is 5.43. The zero-order valence-corrected chi connectivity index (χ0v) is 12.7. The maximum Gasteiger partial charge on any atom is 0.123 e. The van der Waals surface area contributed by atoms with Gasteiger partial charge in [-0.3, -0.25) is 4.90 Å². The molecule has 1 N–H and O–H groups in total. The lowest BCUT2D eigenvalue weighted by Crippen LogP contribution is -2.28. The van der Waals surface area contributed by atoms with Gasteiger partial charge >= 0.3 is 0 Å². The van der Waals surface area contributed by atoms with E-state index >= 15 is 0 Å². The monoisotopic (exact) mass is 261 g/mol. The Morgan fingerprint density at radius 3 is 2.42 bits per heavy atom. The lowest BCUT2D eigenvalue weighted by molar-refractivity contribution is 0.234. The van der Waals surface area contributed by atoms with Crippen LogP contribution in [0.2, 0.25) is 0 Å². The molecule has 1 saturated carbocycles. The highest BCUT2D eigenvalue weighted by atomic mass is 16.3. The van der Waals surface area contributed by atoms with Gasteiger partial charge in [-0.15, -0.1) is 0 Å². The number of rotatable bonds is 3. The van der Waals surface area contributed by atoms with E-state index in [1.807, 2.05) is 6.07 Å². The molecule has 0 amide bonds. The first-order valence-electron chi connectivity index (χ1n) is 7.41. The van der Waals surface area contributed by atoms with E-state index in [2.05, 4.69) is 44.9 Å². The summed E-state index contributed by atoms with van der Waals surface area (Å²) in [7, 11) is 2.18. The normalized spacial score (nSPS) is 17.3. The van der Waals surface area contributed by atoms with E-state index in [1.54, 1.807) is 0 Å². The van der Waals surface area contributed by atoms with Crippen molar-refractivity contribution in [3.63, 3.8) is 0 Å². The van der Waals surface area contributed by atoms with E-state index in [9.17, 15) is 5.11 Å². The first-order chi connectivity index (χ1) is 8.89. The highest BCUT2D eigenvalue weighted by Gasteiger charge is 2.23. The average Bonchev–Trinajstić information content (AvgIpc) is 2.83. The summed E-state index contributed by atoms with van der Waals surface area (Å²) in [6.07, 6.45) is 5.30. The summed E-state index contributed by atoms with van der Waals surface area (Å²) in [6.45, 7) is 7.28. The van der Waals surface area contributed by atoms with E-state index in [-0.39, 0.29) is 5.41 Å². The van der Waals surface area contributed by atoms with Crippen molar-refractivity contribution >= 4 is 0 Å². The summed E-state index contributed by atoms with van der Waals surface area (Å²) in [4.78, 5) is 2.40. The third-order valence-electron chi connectivity index (χ3n) is 4.30. The van der Waals surface area contributed by atoms with Gasteiger partial charge in [-0.25, -0.2) is 0 Å². The minimum atomic E-state index is -0.00791. The number of hydrogen-bond acceptors (Lipinski definition) is 2. The molecule has 1 aliphatic carbocycles. The van der Waals surface area contributed by atoms with Crippen molar-refractivity contribution in [2.45, 2.75) is 64.5 Å². The van der Waals surface area contributed by atoms with Crippen molar-refractivity contribution < 1.29 is 5.11 Å². The molecule has 1 aliphatic rings. The first kappa shape index (κ1) is 14.4. The van der Waals surface area contributed by atoms with Crippen molar-refractivity contribution in [2.24, 2.45) is 0 Å². The third-order valence-corrected chi connectivity index (χ3v) is 4.30. The molecule has 0 spiro atoms. The van der Waals surface area contributed by atoms with E-state index < -0.39 is 0 Å². The van der Waals surface area contributed by atoms with Crippen molar-refractivity contribution in [2.75, 3.05) is 7.05 Å². The van der Waals surface area contributed by atoms with Crippen LogP contribution in [0.15, 0.2) is 18.2 Å². The Morgan fingerprint density at radius 1 is 1.21 bits per heavy atom. The van der Waals surface area contributed by atoms with Gasteiger partial charge in [0.05, 0.1) is 0 Å². The van der Waals surface area contributed by atoms with Crippen molar-refractivity contribution in [1.82, 2.24) is 4.90 Å². The molecule has 2 heteroatoms. The molecule has 1 aromatic rings. The molecule has 1 aromatic carbocycles. The zero-order chi connectivity index (χ0) is 14.0. The fraction of sp³-hybridized carbons (Fsp3) is 0.647. The molecule has 2 rings (SSSR count). The van der Waals surface area contributed by atoms with Gasteiger partial charge in [-0.1, -0.05) is 51.8 Å². The quantitative estimate of drug-likeness (QED) is 0.886. The van der Waals surface area contributed by atoms with Gasteiger partial charge in [0.15, 0.2) is 0 Å². The topological polar surface area (TPSA) is 23.5 Å². The van der Waals surface area contributed by atoms with Crippen LogP contribution in [0, 0.1) is 0 Å². The Hall–Kier alpha value is -1.02. The molecule has 0 heterocycles. The van der Waals surface area contributed by atoms with Crippen LogP contribution in [-0.4, -0.2) is 23.1 Å². The molecular formula is C17H27NO. The van der Waals surface area contributed by atoms with E-state index in [1.165, 1.54) is 25.7 Å². The molecule has 0 bridgehead atoms. The molecule has 19 heavy (non-hydrogen) atoms. The Morgan fingerprint density at radius 2 is 1.84 bits per heavy atom. The van der Waals surface area contributed by atoms with Crippen molar-refractivity contribution in [3.05, 3.63) is 29.3 Å². The smallest absolute Gasteiger partial charge is 0.123 e. The SMILES string of the molecule is CN(Cc1cccc(C(C)(C)C)c1O)C1CCCC1. The predicted octanol–water partition coefficient (Wildman–Crippen LogP) is 4.06. The van der Waals surface area contributed by atoms with Crippen LogP contribution in [0.25, 0.3) is 0 Å². The van der Waals surface area contributed by atoms with Crippen LogP contribution >= 0.6 is 0 Å². The lowest BCUT2D eigenvalue weighted by Gasteiger charge is -2.26. The molecule has 0 atom stereocenters. The summed E-state index contributed by atoms with van der Waals surface area (Å²) in [5.41, 5.74) is 2.10. The van der Waals surface area contributed by atoms with Crippen molar-refractivity contribution in [3.8, 4) is 5.75 Å². The second-order valence-electron chi connectivity index (χ2n) is 6.92. The van der Waals surface area contributed by atoms with Crippen LogP contribution in [0.5, 0.6) is 5.75 Å². The highest BCUT2D eigenvalue weighted by Crippen LogP contribution is 2.34. The molecule has 0 radical (unpaired) electrons. The molecule has 0 saturated heterocycles. The van der Waals surface area contributed by atoms with E-state index in [4.69, 9.17) is 0 Å². The zero-order valence-electron chi connectivity index (χ0n) is 12.7. The Balaban J connectivity index is 2.16. The van der Waals surface area contributed by atoms with Gasteiger partial charge in [0, 0.05) is 18.2 Å². The maximum atomic E-state index is 10.5. The fourth-order valence-corrected chi connectivity index (χ4v) is 3.07. The number of phenols is 1. The van der Waals surface area contributed by atoms with Gasteiger partial charge in [0.1, 0.15) is 5.75 Å². The summed E-state index contributed by atoms with van der Waals surface area (Å²) in [5.74, 6) is 0.486. The predicted molar refractivity (Wildman–Crippen MR) is 80.5 cm³/mol. The van der Waals surface area contributed by atoms with E-state index in [0.29, 0.717) is 11.8 Å². The molecule has 1 fully saturated rings. The number of phenolic OH excluding ortho intramolecular Hbond substituents is 1. The van der Waals surface area contributed by atoms with Gasteiger partial charge in [-0.2, -0.15) is 0 Å². The summed E-state index contributed by atoms with van der Waals surface area (Å²) < 4.78 is 0. The number of aromatic hydroxyl groups is 1. The van der Waals surface area contributed by atoms with E-state index in [0.717, 1.165) is 17.7 Å². The third kappa shape index (κ3) is 3.30. The van der Waals surface area contributed by atoms with Crippen LogP contribution in [0.3, 0.4) is 0 Å². The molecule has 0 aromatic heterocycles. The minimum absolute atomic E-state index is 0.00791. The van der Waals surface area contributed by atoms with Crippen molar-refractivity contribution in [1.29, 1.82) is 0 Å². The summed E-state index contributed by atoms with van der Waals surface area (Å²) >= 11 is 0. The standard InChI is InChI=1S/C17H27NO/c1-17(2,3)15-11-7-8-13(16(15)19)12-18(4)14-9-5-6-10-14/h7-8,11,14,19H,5-6,9-10,12H2,1-4H3. The first-order valence-corrected chi connectivity index (χ1v) is 7.41. The molecule has 0 unspecified atom stereocenters. The summed E-state index contributed by atoms with van der Waals surface area (Å²) in [5, 5.41) is 10.5. The second kappa shape index (κ2) is 5.54. The molecule has 0 aliphatic heterocycles.